The first kappa shape index (κ1) is 20.3. The maximum Gasteiger partial charge on any atom is 0.210 e. The Morgan fingerprint density at radius 1 is 1.03 bits per heavy atom. The third-order valence-electron chi connectivity index (χ3n) is 5.32. The summed E-state index contributed by atoms with van der Waals surface area (Å²) in [7, 11) is 0. The number of carbonyl (C=O) groups excluding carboxylic acids is 1. The third-order valence-corrected chi connectivity index (χ3v) is 5.63. The molecular weight excluding hydrogens is 426 g/mol. The zero-order chi connectivity index (χ0) is 22.3. The predicted molar refractivity (Wildman–Crippen MR) is 122 cm³/mol. The van der Waals surface area contributed by atoms with E-state index in [-0.39, 0.29) is 5.78 Å². The van der Waals surface area contributed by atoms with Crippen LogP contribution in [-0.2, 0) is 16.1 Å². The average Bonchev–Trinajstić information content (AvgIpc) is 3.33. The van der Waals surface area contributed by atoms with Crippen molar-refractivity contribution in [1.29, 1.82) is 0 Å². The van der Waals surface area contributed by atoms with Gasteiger partial charge in [-0.1, -0.05) is 29.8 Å². The predicted octanol–water partition coefficient (Wildman–Crippen LogP) is 5.21. The molecule has 32 heavy (non-hydrogen) atoms. The lowest BCUT2D eigenvalue weighted by atomic mass is 9.93. The number of benzene rings is 1. The lowest BCUT2D eigenvalue weighted by Gasteiger charge is -2.17. The maximum absolute atomic E-state index is 13.1. The van der Waals surface area contributed by atoms with Crippen LogP contribution >= 0.6 is 11.6 Å². The Labute approximate surface area is 190 Å². The Morgan fingerprint density at radius 3 is 2.50 bits per heavy atom. The molecule has 0 saturated heterocycles. The Bertz CT molecular complexity index is 1340. The van der Waals surface area contributed by atoms with Gasteiger partial charge in [0, 0.05) is 24.2 Å². The molecule has 0 atom stereocenters. The monoisotopic (exact) mass is 445 g/mol. The van der Waals surface area contributed by atoms with Crippen molar-refractivity contribution in [2.24, 2.45) is 0 Å². The van der Waals surface area contributed by atoms with Gasteiger partial charge in [0.2, 0.25) is 5.78 Å². The van der Waals surface area contributed by atoms with Crippen molar-refractivity contribution in [2.45, 2.75) is 26.1 Å². The fourth-order valence-corrected chi connectivity index (χ4v) is 3.91. The smallest absolute Gasteiger partial charge is 0.210 e. The molecule has 5 rings (SSSR count). The van der Waals surface area contributed by atoms with Crippen molar-refractivity contribution >= 4 is 34.4 Å². The largest absolute Gasteiger partial charge is 0.487 e. The van der Waals surface area contributed by atoms with Gasteiger partial charge >= 0.3 is 0 Å². The number of hydrogen-bond acceptors (Lipinski definition) is 5. The topological polar surface area (TPSA) is 65.7 Å². The summed E-state index contributed by atoms with van der Waals surface area (Å²) < 4.78 is 13.7. The molecule has 0 spiro atoms. The number of aromatic nitrogens is 3. The van der Waals surface area contributed by atoms with Gasteiger partial charge in [-0.25, -0.2) is 4.98 Å². The fourth-order valence-electron chi connectivity index (χ4n) is 3.70. The minimum absolute atomic E-state index is 0.0560. The number of ether oxygens (including phenoxy) is 2. The minimum atomic E-state index is -0.923. The van der Waals surface area contributed by atoms with Gasteiger partial charge in [-0.15, -0.1) is 0 Å². The molecule has 6 nitrogen and oxygen atoms in total. The summed E-state index contributed by atoms with van der Waals surface area (Å²) in [5.41, 5.74) is 2.77. The van der Waals surface area contributed by atoms with Gasteiger partial charge in [-0.05, 0) is 55.8 Å². The highest BCUT2D eigenvalue weighted by Gasteiger charge is 2.42. The lowest BCUT2D eigenvalue weighted by Crippen LogP contribution is -2.29. The van der Waals surface area contributed by atoms with Crippen molar-refractivity contribution < 1.29 is 14.3 Å². The molecule has 0 fully saturated rings. The van der Waals surface area contributed by atoms with Gasteiger partial charge in [0.25, 0.3) is 0 Å². The van der Waals surface area contributed by atoms with Gasteiger partial charge in [0.15, 0.2) is 5.60 Å². The summed E-state index contributed by atoms with van der Waals surface area (Å²) in [4.78, 5) is 21.6. The van der Waals surface area contributed by atoms with E-state index in [1.165, 1.54) is 0 Å². The molecule has 0 unspecified atom stereocenters. The van der Waals surface area contributed by atoms with Crippen LogP contribution in [0.4, 0.5) is 0 Å². The quantitative estimate of drug-likeness (QED) is 0.394. The average molecular weight is 446 g/mol. The zero-order valence-electron chi connectivity index (χ0n) is 17.6. The number of nitrogens with zero attached hydrogens (tertiary/aromatic N) is 3. The van der Waals surface area contributed by atoms with Crippen LogP contribution in [-0.4, -0.2) is 25.8 Å². The van der Waals surface area contributed by atoms with Crippen LogP contribution in [0.2, 0.25) is 5.15 Å². The molecule has 3 aromatic heterocycles. The standard InChI is InChI=1S/C25H20ClN3O3/c1-25(2)24(30)22(23(32-25)17-10-12-27-13-11-17)16-6-8-19(9-7-16)31-15-18-14-29-20(26)4-3-5-21(29)28-18/h3-14H,15H2,1-2H3. The van der Waals surface area contributed by atoms with E-state index in [1.54, 1.807) is 26.2 Å². The maximum atomic E-state index is 13.1. The first-order valence-electron chi connectivity index (χ1n) is 10.2. The number of imidazole rings is 1. The van der Waals surface area contributed by atoms with Crippen molar-refractivity contribution in [3.63, 3.8) is 0 Å². The number of pyridine rings is 2. The van der Waals surface area contributed by atoms with Crippen molar-refractivity contribution in [3.05, 3.63) is 95.2 Å². The molecule has 4 aromatic rings. The van der Waals surface area contributed by atoms with Gasteiger partial charge in [0.1, 0.15) is 28.9 Å². The first-order valence-corrected chi connectivity index (χ1v) is 10.5. The minimum Gasteiger partial charge on any atom is -0.487 e. The molecular formula is C25H20ClN3O3. The molecule has 160 valence electrons. The van der Waals surface area contributed by atoms with Crippen molar-refractivity contribution in [2.75, 3.05) is 0 Å². The molecule has 0 amide bonds. The van der Waals surface area contributed by atoms with Crippen LogP contribution in [0.15, 0.2) is 73.2 Å². The van der Waals surface area contributed by atoms with Crippen LogP contribution in [0.25, 0.3) is 17.0 Å². The summed E-state index contributed by atoms with van der Waals surface area (Å²) >= 11 is 6.19. The van der Waals surface area contributed by atoms with E-state index in [9.17, 15) is 4.79 Å². The molecule has 1 aliphatic heterocycles. The molecule has 1 aliphatic rings. The lowest BCUT2D eigenvalue weighted by molar-refractivity contribution is -0.125. The summed E-state index contributed by atoms with van der Waals surface area (Å²) in [5, 5.41) is 0.593. The van der Waals surface area contributed by atoms with Crippen LogP contribution in [0.5, 0.6) is 5.75 Å². The second-order valence-electron chi connectivity index (χ2n) is 8.00. The van der Waals surface area contributed by atoms with E-state index in [1.807, 2.05) is 65.2 Å². The Morgan fingerprint density at radius 2 is 1.78 bits per heavy atom. The summed E-state index contributed by atoms with van der Waals surface area (Å²) in [5.74, 6) is 1.19. The van der Waals surface area contributed by atoms with E-state index >= 15 is 0 Å². The number of Topliss-reactive ketones (excluding diaryl/α,β-unsaturated/α-hetero) is 1. The first-order chi connectivity index (χ1) is 15.4. The van der Waals surface area contributed by atoms with Crippen molar-refractivity contribution in [1.82, 2.24) is 14.4 Å². The number of rotatable bonds is 5. The molecule has 0 bridgehead atoms. The van der Waals surface area contributed by atoms with Crippen LogP contribution < -0.4 is 4.74 Å². The number of ketones is 1. The highest BCUT2D eigenvalue weighted by Crippen LogP contribution is 2.41. The molecule has 0 N–H and O–H groups in total. The Balaban J connectivity index is 1.39. The summed E-state index contributed by atoms with van der Waals surface area (Å²) in [6, 6.07) is 16.7. The van der Waals surface area contributed by atoms with E-state index < -0.39 is 5.60 Å². The summed E-state index contributed by atoms with van der Waals surface area (Å²) in [6.07, 6.45) is 5.22. The van der Waals surface area contributed by atoms with Gasteiger partial charge < -0.3 is 9.47 Å². The molecule has 0 aliphatic carbocycles. The zero-order valence-corrected chi connectivity index (χ0v) is 18.3. The second kappa shape index (κ2) is 7.80. The highest BCUT2D eigenvalue weighted by molar-refractivity contribution is 6.32. The van der Waals surface area contributed by atoms with Crippen molar-refractivity contribution in [3.8, 4) is 5.75 Å². The normalized spacial score (nSPS) is 15.3. The molecule has 0 radical (unpaired) electrons. The number of fused-ring (bicyclic) bond motifs is 1. The van der Waals surface area contributed by atoms with Crippen LogP contribution in [0, 0.1) is 0 Å². The fraction of sp³-hybridized carbons (Fsp3) is 0.160. The van der Waals surface area contributed by atoms with Gasteiger partial charge in [0.05, 0.1) is 11.3 Å². The van der Waals surface area contributed by atoms with Gasteiger partial charge in [-0.2, -0.15) is 0 Å². The second-order valence-corrected chi connectivity index (χ2v) is 8.39. The Kier molecular flexibility index (Phi) is 4.94. The molecule has 7 heteroatoms. The van der Waals surface area contributed by atoms with E-state index in [0.717, 1.165) is 22.5 Å². The van der Waals surface area contributed by atoms with E-state index in [0.29, 0.717) is 28.8 Å². The number of hydrogen-bond donors (Lipinski definition) is 0. The van der Waals surface area contributed by atoms with E-state index in [4.69, 9.17) is 21.1 Å². The molecule has 1 aromatic carbocycles. The number of carbonyl (C=O) groups is 1. The van der Waals surface area contributed by atoms with Crippen LogP contribution in [0.3, 0.4) is 0 Å². The van der Waals surface area contributed by atoms with Gasteiger partial charge in [-0.3, -0.25) is 14.2 Å². The SMILES string of the molecule is CC1(C)OC(c2ccncc2)=C(c2ccc(OCc3cn4c(Cl)cccc4n3)cc2)C1=O. The summed E-state index contributed by atoms with van der Waals surface area (Å²) in [6.45, 7) is 3.86. The molecule has 0 saturated carbocycles. The van der Waals surface area contributed by atoms with E-state index in [2.05, 4.69) is 9.97 Å². The highest BCUT2D eigenvalue weighted by atomic mass is 35.5. The Hall–Kier alpha value is -3.64. The molecule has 4 heterocycles. The third kappa shape index (κ3) is 3.63. The number of halogens is 1. The van der Waals surface area contributed by atoms with Crippen LogP contribution in [0.1, 0.15) is 30.7 Å².